The molecule has 0 aromatic heterocycles. The summed E-state index contributed by atoms with van der Waals surface area (Å²) in [6.45, 7) is 2.24. The highest BCUT2D eigenvalue weighted by Gasteiger charge is 2.27. The van der Waals surface area contributed by atoms with E-state index in [9.17, 15) is 13.6 Å². The van der Waals surface area contributed by atoms with Crippen LogP contribution in [-0.2, 0) is 17.6 Å². The molecule has 2 aromatic rings. The van der Waals surface area contributed by atoms with Gasteiger partial charge in [0, 0.05) is 0 Å². The van der Waals surface area contributed by atoms with Gasteiger partial charge in [-0.3, -0.25) is 4.79 Å². The number of halogens is 2. The second-order valence-corrected chi connectivity index (χ2v) is 8.88. The summed E-state index contributed by atoms with van der Waals surface area (Å²) in [5.74, 6) is -0.391. The van der Waals surface area contributed by atoms with E-state index >= 15 is 0 Å². The summed E-state index contributed by atoms with van der Waals surface area (Å²) in [7, 11) is 0. The van der Waals surface area contributed by atoms with Crippen LogP contribution in [0.5, 0.6) is 5.75 Å². The first-order chi connectivity index (χ1) is 15.0. The van der Waals surface area contributed by atoms with E-state index in [1.165, 1.54) is 38.2 Å². The van der Waals surface area contributed by atoms with Gasteiger partial charge in [-0.25, -0.2) is 8.78 Å². The number of hydrogen-bond donors (Lipinski definition) is 0. The van der Waals surface area contributed by atoms with Crippen molar-refractivity contribution in [3.63, 3.8) is 0 Å². The average molecular weight is 429 g/mol. The van der Waals surface area contributed by atoms with Crippen LogP contribution in [0.15, 0.2) is 42.5 Å². The van der Waals surface area contributed by atoms with Crippen molar-refractivity contribution in [1.29, 1.82) is 0 Å². The second kappa shape index (κ2) is 12.0. The van der Waals surface area contributed by atoms with E-state index in [4.69, 9.17) is 4.74 Å². The standard InChI is InChI=1S/C27H34F2O2/c1-2-3-4-5-6-20-9-14-23(15-10-20)27(30)31-24-16-11-21(12-17-24)7-8-22-13-18-25(28)26(29)19-22/h11-13,16-20,23H,2-10,14-15H2,1H3/t20-,23-. The average Bonchev–Trinajstić information content (AvgIpc) is 2.79. The van der Waals surface area contributed by atoms with Crippen LogP contribution in [0.25, 0.3) is 0 Å². The van der Waals surface area contributed by atoms with Crippen LogP contribution < -0.4 is 4.74 Å². The maximum Gasteiger partial charge on any atom is 0.314 e. The number of ether oxygens (including phenoxy) is 1. The SMILES string of the molecule is CCCCCC[C@H]1CC[C@H](C(=O)Oc2ccc(CCc3ccc(F)c(F)c3)cc2)CC1. The lowest BCUT2D eigenvalue weighted by atomic mass is 9.80. The van der Waals surface area contributed by atoms with Crippen LogP contribution >= 0.6 is 0 Å². The summed E-state index contributed by atoms with van der Waals surface area (Å²) < 4.78 is 32.0. The number of aryl methyl sites for hydroxylation is 2. The third-order valence-corrected chi connectivity index (χ3v) is 6.47. The van der Waals surface area contributed by atoms with Gasteiger partial charge in [-0.05, 0) is 79.8 Å². The maximum absolute atomic E-state index is 13.3. The number of carbonyl (C=O) groups excluding carboxylic acids is 1. The van der Waals surface area contributed by atoms with Gasteiger partial charge in [0.15, 0.2) is 11.6 Å². The van der Waals surface area contributed by atoms with E-state index in [0.29, 0.717) is 18.6 Å². The zero-order valence-electron chi connectivity index (χ0n) is 18.5. The fourth-order valence-electron chi connectivity index (χ4n) is 4.45. The number of rotatable bonds is 10. The van der Waals surface area contributed by atoms with Gasteiger partial charge < -0.3 is 4.74 Å². The topological polar surface area (TPSA) is 26.3 Å². The molecule has 2 nitrogen and oxygen atoms in total. The van der Waals surface area contributed by atoms with Gasteiger partial charge in [0.2, 0.25) is 0 Å². The van der Waals surface area contributed by atoms with Crippen molar-refractivity contribution in [1.82, 2.24) is 0 Å². The Bertz CT molecular complexity index is 824. The molecule has 0 spiro atoms. The Labute approximate surface area is 185 Å². The molecule has 0 radical (unpaired) electrons. The molecule has 1 saturated carbocycles. The van der Waals surface area contributed by atoms with Gasteiger partial charge in [-0.1, -0.05) is 57.2 Å². The molecule has 31 heavy (non-hydrogen) atoms. The summed E-state index contributed by atoms with van der Waals surface area (Å²) in [5, 5.41) is 0. The summed E-state index contributed by atoms with van der Waals surface area (Å²) >= 11 is 0. The third kappa shape index (κ3) is 7.45. The minimum atomic E-state index is -0.824. The molecule has 168 valence electrons. The van der Waals surface area contributed by atoms with Crippen LogP contribution in [0.4, 0.5) is 8.78 Å². The third-order valence-electron chi connectivity index (χ3n) is 6.47. The fraction of sp³-hybridized carbons (Fsp3) is 0.519. The normalized spacial score (nSPS) is 18.7. The molecule has 1 aliphatic rings. The summed E-state index contributed by atoms with van der Waals surface area (Å²) in [6, 6.07) is 11.5. The molecule has 0 amide bonds. The zero-order valence-corrected chi connectivity index (χ0v) is 18.5. The Morgan fingerprint density at radius 1 is 0.871 bits per heavy atom. The lowest BCUT2D eigenvalue weighted by Crippen LogP contribution is -2.25. The lowest BCUT2D eigenvalue weighted by molar-refractivity contribution is -0.140. The van der Waals surface area contributed by atoms with E-state index in [2.05, 4.69) is 6.92 Å². The predicted molar refractivity (Wildman–Crippen MR) is 120 cm³/mol. The van der Waals surface area contributed by atoms with Crippen molar-refractivity contribution in [2.45, 2.75) is 77.6 Å². The van der Waals surface area contributed by atoms with Gasteiger partial charge in [0.1, 0.15) is 5.75 Å². The molecule has 0 saturated heterocycles. The molecule has 0 unspecified atom stereocenters. The highest BCUT2D eigenvalue weighted by atomic mass is 19.2. The molecule has 3 rings (SSSR count). The van der Waals surface area contributed by atoms with Gasteiger partial charge in [-0.15, -0.1) is 0 Å². The van der Waals surface area contributed by atoms with E-state index in [1.807, 2.05) is 24.3 Å². The first kappa shape index (κ1) is 23.4. The molecule has 0 aliphatic heterocycles. The van der Waals surface area contributed by atoms with E-state index in [-0.39, 0.29) is 11.9 Å². The van der Waals surface area contributed by atoms with Gasteiger partial charge in [-0.2, -0.15) is 0 Å². The van der Waals surface area contributed by atoms with E-state index in [1.54, 1.807) is 6.07 Å². The number of esters is 1. The lowest BCUT2D eigenvalue weighted by Gasteiger charge is -2.27. The number of carbonyl (C=O) groups is 1. The van der Waals surface area contributed by atoms with Crippen molar-refractivity contribution in [3.8, 4) is 5.75 Å². The maximum atomic E-state index is 13.3. The number of unbranched alkanes of at least 4 members (excludes halogenated alkanes) is 3. The van der Waals surface area contributed by atoms with Crippen LogP contribution in [-0.4, -0.2) is 5.97 Å². The molecule has 0 bridgehead atoms. The Morgan fingerprint density at radius 2 is 1.55 bits per heavy atom. The zero-order chi connectivity index (χ0) is 22.1. The van der Waals surface area contributed by atoms with Crippen LogP contribution in [0, 0.1) is 23.5 Å². The van der Waals surface area contributed by atoms with Gasteiger partial charge >= 0.3 is 5.97 Å². The van der Waals surface area contributed by atoms with Crippen molar-refractivity contribution >= 4 is 5.97 Å². The quantitative estimate of drug-likeness (QED) is 0.223. The molecular formula is C27H34F2O2. The first-order valence-electron chi connectivity index (χ1n) is 11.8. The number of hydrogen-bond acceptors (Lipinski definition) is 2. The van der Waals surface area contributed by atoms with Crippen molar-refractivity contribution in [2.24, 2.45) is 11.8 Å². The monoisotopic (exact) mass is 428 g/mol. The summed E-state index contributed by atoms with van der Waals surface area (Å²) in [6.07, 6.45) is 12.0. The van der Waals surface area contributed by atoms with E-state index in [0.717, 1.165) is 48.8 Å². The van der Waals surface area contributed by atoms with Crippen molar-refractivity contribution in [3.05, 3.63) is 65.2 Å². The van der Waals surface area contributed by atoms with Crippen molar-refractivity contribution < 1.29 is 18.3 Å². The predicted octanol–water partition coefficient (Wildman–Crippen LogP) is 7.43. The minimum Gasteiger partial charge on any atom is -0.426 e. The summed E-state index contributed by atoms with van der Waals surface area (Å²) in [5.41, 5.74) is 1.82. The largest absolute Gasteiger partial charge is 0.426 e. The molecule has 1 aliphatic carbocycles. The fourth-order valence-corrected chi connectivity index (χ4v) is 4.45. The molecule has 1 fully saturated rings. The molecule has 0 atom stereocenters. The highest BCUT2D eigenvalue weighted by Crippen LogP contribution is 2.33. The summed E-state index contributed by atoms with van der Waals surface area (Å²) in [4.78, 5) is 12.5. The Balaban J connectivity index is 1.40. The van der Waals surface area contributed by atoms with Crippen LogP contribution in [0.1, 0.15) is 75.8 Å². The molecule has 0 heterocycles. The van der Waals surface area contributed by atoms with Crippen LogP contribution in [0.2, 0.25) is 0 Å². The highest BCUT2D eigenvalue weighted by molar-refractivity contribution is 5.75. The van der Waals surface area contributed by atoms with Crippen molar-refractivity contribution in [2.75, 3.05) is 0 Å². The minimum absolute atomic E-state index is 0.0138. The molecule has 4 heteroatoms. The smallest absolute Gasteiger partial charge is 0.314 e. The molecule has 0 N–H and O–H groups in total. The Kier molecular flexibility index (Phi) is 9.05. The first-order valence-corrected chi connectivity index (χ1v) is 11.8. The second-order valence-electron chi connectivity index (χ2n) is 8.88. The Hall–Kier alpha value is -2.23. The Morgan fingerprint density at radius 3 is 2.23 bits per heavy atom. The van der Waals surface area contributed by atoms with Gasteiger partial charge in [0.25, 0.3) is 0 Å². The van der Waals surface area contributed by atoms with Crippen LogP contribution in [0.3, 0.4) is 0 Å². The van der Waals surface area contributed by atoms with Gasteiger partial charge in [0.05, 0.1) is 5.92 Å². The molecular weight excluding hydrogens is 394 g/mol. The molecule has 2 aromatic carbocycles. The van der Waals surface area contributed by atoms with E-state index < -0.39 is 11.6 Å². The number of benzene rings is 2.